The van der Waals surface area contributed by atoms with E-state index in [2.05, 4.69) is 17.0 Å². The zero-order valence-electron chi connectivity index (χ0n) is 9.47. The summed E-state index contributed by atoms with van der Waals surface area (Å²) in [5.41, 5.74) is 1.15. The molecule has 2 N–H and O–H groups in total. The maximum atomic E-state index is 9.66. The minimum atomic E-state index is -0.108. The molecule has 0 aromatic carbocycles. The van der Waals surface area contributed by atoms with E-state index in [1.807, 2.05) is 12.4 Å². The molecule has 88 valence electrons. The van der Waals surface area contributed by atoms with E-state index in [0.717, 1.165) is 37.9 Å². The van der Waals surface area contributed by atoms with Gasteiger partial charge in [0.1, 0.15) is 0 Å². The highest BCUT2D eigenvalue weighted by molar-refractivity contribution is 5.17. The second-order valence-corrected chi connectivity index (χ2v) is 4.40. The highest BCUT2D eigenvalue weighted by Crippen LogP contribution is 2.24. The third-order valence-electron chi connectivity index (χ3n) is 3.20. The normalized spacial score (nSPS) is 24.8. The molecule has 4 nitrogen and oxygen atoms in total. The number of aromatic nitrogens is 2. The molecule has 2 unspecified atom stereocenters. The number of nitrogens with zero attached hydrogens (tertiary/aromatic N) is 2. The molecule has 1 saturated carbocycles. The van der Waals surface area contributed by atoms with Gasteiger partial charge in [-0.05, 0) is 18.8 Å². The molecular weight excluding hydrogens is 202 g/mol. The molecular formula is C12H19N3O. The Hall–Kier alpha value is -1.13. The van der Waals surface area contributed by atoms with E-state index in [1.54, 1.807) is 10.9 Å². The van der Waals surface area contributed by atoms with Crippen LogP contribution in [0.1, 0.15) is 24.8 Å². The van der Waals surface area contributed by atoms with Crippen molar-refractivity contribution in [3.63, 3.8) is 0 Å². The summed E-state index contributed by atoms with van der Waals surface area (Å²) in [5.74, 6) is 0.425. The third kappa shape index (κ3) is 2.71. The average molecular weight is 221 g/mol. The lowest BCUT2D eigenvalue weighted by atomic mass is 10.1. The largest absolute Gasteiger partial charge is 0.393 e. The Morgan fingerprint density at radius 3 is 3.12 bits per heavy atom. The number of hydrogen-bond acceptors (Lipinski definition) is 3. The highest BCUT2D eigenvalue weighted by Gasteiger charge is 2.24. The van der Waals surface area contributed by atoms with Gasteiger partial charge in [0, 0.05) is 31.0 Å². The van der Waals surface area contributed by atoms with Crippen LogP contribution in [0, 0.1) is 5.92 Å². The number of hydrogen-bond donors (Lipinski definition) is 2. The number of nitrogens with one attached hydrogen (secondary N) is 1. The monoisotopic (exact) mass is 221 g/mol. The smallest absolute Gasteiger partial charge is 0.0580 e. The van der Waals surface area contributed by atoms with Crippen molar-refractivity contribution >= 4 is 6.20 Å². The van der Waals surface area contributed by atoms with Crippen molar-refractivity contribution in [2.75, 3.05) is 6.54 Å². The lowest BCUT2D eigenvalue weighted by Crippen LogP contribution is -2.27. The van der Waals surface area contributed by atoms with Crippen LogP contribution in [0.4, 0.5) is 0 Å². The first-order valence-electron chi connectivity index (χ1n) is 5.84. The Balaban J connectivity index is 1.73. The van der Waals surface area contributed by atoms with Crippen molar-refractivity contribution < 1.29 is 5.11 Å². The lowest BCUT2D eigenvalue weighted by molar-refractivity contribution is 0.131. The molecule has 0 saturated heterocycles. The maximum absolute atomic E-state index is 9.66. The van der Waals surface area contributed by atoms with Crippen molar-refractivity contribution in [2.45, 2.75) is 31.9 Å². The van der Waals surface area contributed by atoms with Crippen LogP contribution in [0.3, 0.4) is 0 Å². The van der Waals surface area contributed by atoms with Gasteiger partial charge in [0.05, 0.1) is 12.3 Å². The summed E-state index contributed by atoms with van der Waals surface area (Å²) >= 11 is 0. The lowest BCUT2D eigenvalue weighted by Gasteiger charge is -2.14. The molecule has 1 aliphatic rings. The Morgan fingerprint density at radius 1 is 1.62 bits per heavy atom. The molecule has 1 aliphatic carbocycles. The summed E-state index contributed by atoms with van der Waals surface area (Å²) in [7, 11) is 0. The van der Waals surface area contributed by atoms with Gasteiger partial charge >= 0.3 is 0 Å². The fourth-order valence-electron chi connectivity index (χ4n) is 2.23. The van der Waals surface area contributed by atoms with Crippen LogP contribution in [0.5, 0.6) is 0 Å². The molecule has 1 aromatic rings. The van der Waals surface area contributed by atoms with Gasteiger partial charge in [-0.25, -0.2) is 4.68 Å². The average Bonchev–Trinajstić information content (AvgIpc) is 2.89. The highest BCUT2D eigenvalue weighted by atomic mass is 16.3. The molecule has 1 aromatic heterocycles. The van der Waals surface area contributed by atoms with Gasteiger partial charge in [-0.1, -0.05) is 13.0 Å². The molecule has 2 rings (SSSR count). The van der Waals surface area contributed by atoms with Crippen LogP contribution in [0.15, 0.2) is 19.0 Å². The van der Waals surface area contributed by atoms with E-state index < -0.39 is 0 Å². The quantitative estimate of drug-likeness (QED) is 0.786. The minimum absolute atomic E-state index is 0.108. The van der Waals surface area contributed by atoms with E-state index in [4.69, 9.17) is 0 Å². The summed E-state index contributed by atoms with van der Waals surface area (Å²) in [4.78, 5) is 0. The van der Waals surface area contributed by atoms with Gasteiger partial charge in [-0.15, -0.1) is 0 Å². The first-order valence-corrected chi connectivity index (χ1v) is 5.84. The molecule has 16 heavy (non-hydrogen) atoms. The molecule has 4 heteroatoms. The number of aliphatic hydroxyl groups excluding tert-OH is 1. The van der Waals surface area contributed by atoms with Crippen molar-refractivity contribution in [3.05, 3.63) is 24.5 Å². The van der Waals surface area contributed by atoms with Crippen LogP contribution >= 0.6 is 0 Å². The van der Waals surface area contributed by atoms with E-state index in [1.165, 1.54) is 0 Å². The SMILES string of the molecule is C=Cn1cc(CNCC2CCCC2O)cn1. The fraction of sp³-hybridized carbons (Fsp3) is 0.583. The van der Waals surface area contributed by atoms with Gasteiger partial charge in [0.2, 0.25) is 0 Å². The van der Waals surface area contributed by atoms with E-state index >= 15 is 0 Å². The van der Waals surface area contributed by atoms with Gasteiger partial charge in [-0.2, -0.15) is 5.10 Å². The fourth-order valence-corrected chi connectivity index (χ4v) is 2.23. The van der Waals surface area contributed by atoms with Crippen molar-refractivity contribution in [1.29, 1.82) is 0 Å². The molecule has 0 spiro atoms. The Kier molecular flexibility index (Phi) is 3.74. The summed E-state index contributed by atoms with van der Waals surface area (Å²) in [6, 6.07) is 0. The van der Waals surface area contributed by atoms with Crippen LogP contribution in [0.2, 0.25) is 0 Å². The standard InChI is InChI=1S/C12H19N3O/c1-2-15-9-10(7-14-15)6-13-8-11-4-3-5-12(11)16/h2,7,9,11-13,16H,1,3-6,8H2. The van der Waals surface area contributed by atoms with Crippen LogP contribution in [-0.2, 0) is 6.54 Å². The molecule has 0 bridgehead atoms. The molecule has 0 radical (unpaired) electrons. The van der Waals surface area contributed by atoms with E-state index in [0.29, 0.717) is 5.92 Å². The van der Waals surface area contributed by atoms with Crippen molar-refractivity contribution in [1.82, 2.24) is 15.1 Å². The number of rotatable bonds is 5. The first kappa shape index (κ1) is 11.4. The molecule has 0 aliphatic heterocycles. The van der Waals surface area contributed by atoms with Gasteiger partial charge < -0.3 is 10.4 Å². The summed E-state index contributed by atoms with van der Waals surface area (Å²) in [5, 5.41) is 17.1. The topological polar surface area (TPSA) is 50.1 Å². The van der Waals surface area contributed by atoms with Gasteiger partial charge in [-0.3, -0.25) is 0 Å². The van der Waals surface area contributed by atoms with Gasteiger partial charge in [0.25, 0.3) is 0 Å². The predicted octanol–water partition coefficient (Wildman–Crippen LogP) is 1.23. The van der Waals surface area contributed by atoms with Crippen LogP contribution in [-0.4, -0.2) is 27.5 Å². The first-order chi connectivity index (χ1) is 7.79. The molecule has 1 fully saturated rings. The second-order valence-electron chi connectivity index (χ2n) is 4.40. The van der Waals surface area contributed by atoms with Gasteiger partial charge in [0.15, 0.2) is 0 Å². The Morgan fingerprint density at radius 2 is 2.50 bits per heavy atom. The van der Waals surface area contributed by atoms with Crippen LogP contribution in [0.25, 0.3) is 6.20 Å². The zero-order chi connectivity index (χ0) is 11.4. The summed E-state index contributed by atoms with van der Waals surface area (Å²) < 4.78 is 1.70. The molecule has 0 amide bonds. The Bertz CT molecular complexity index is 348. The van der Waals surface area contributed by atoms with E-state index in [9.17, 15) is 5.11 Å². The zero-order valence-corrected chi connectivity index (χ0v) is 9.47. The Labute approximate surface area is 96.0 Å². The summed E-state index contributed by atoms with van der Waals surface area (Å²) in [6.45, 7) is 5.34. The van der Waals surface area contributed by atoms with Crippen molar-refractivity contribution in [3.8, 4) is 0 Å². The number of aliphatic hydroxyl groups is 1. The minimum Gasteiger partial charge on any atom is -0.393 e. The predicted molar refractivity (Wildman–Crippen MR) is 63.7 cm³/mol. The van der Waals surface area contributed by atoms with Crippen LogP contribution < -0.4 is 5.32 Å². The van der Waals surface area contributed by atoms with E-state index in [-0.39, 0.29) is 6.10 Å². The second kappa shape index (κ2) is 5.27. The van der Waals surface area contributed by atoms with Crippen molar-refractivity contribution in [2.24, 2.45) is 5.92 Å². The molecule has 2 atom stereocenters. The maximum Gasteiger partial charge on any atom is 0.0580 e. The molecule has 1 heterocycles. The third-order valence-corrected chi connectivity index (χ3v) is 3.20. The summed E-state index contributed by atoms with van der Waals surface area (Å²) in [6.07, 6.45) is 8.60.